The number of carbonyl (C=O) groups excluding carboxylic acids is 2. The van der Waals surface area contributed by atoms with Crippen LogP contribution in [-0.2, 0) is 4.79 Å². The summed E-state index contributed by atoms with van der Waals surface area (Å²) in [6.07, 6.45) is -0.554. The van der Waals surface area contributed by atoms with Crippen molar-refractivity contribution in [1.29, 1.82) is 0 Å². The maximum Gasteiger partial charge on any atom is 0.260 e. The van der Waals surface area contributed by atoms with E-state index in [9.17, 15) is 9.59 Å². The van der Waals surface area contributed by atoms with Gasteiger partial charge in [0.2, 0.25) is 0 Å². The molecular formula is C15H21NO3. The van der Waals surface area contributed by atoms with E-state index in [0.29, 0.717) is 23.8 Å². The zero-order valence-corrected chi connectivity index (χ0v) is 11.9. The van der Waals surface area contributed by atoms with Crippen LogP contribution in [0.15, 0.2) is 24.3 Å². The number of hydrogen-bond acceptors (Lipinski definition) is 3. The summed E-state index contributed by atoms with van der Waals surface area (Å²) in [6, 6.07) is 6.78. The van der Waals surface area contributed by atoms with Crippen molar-refractivity contribution in [2.45, 2.75) is 33.8 Å². The summed E-state index contributed by atoms with van der Waals surface area (Å²) in [6.45, 7) is 7.92. The van der Waals surface area contributed by atoms with Crippen molar-refractivity contribution in [2.24, 2.45) is 5.92 Å². The van der Waals surface area contributed by atoms with Crippen LogP contribution in [0.3, 0.4) is 0 Å². The van der Waals surface area contributed by atoms with E-state index in [4.69, 9.17) is 4.74 Å². The van der Waals surface area contributed by atoms with Gasteiger partial charge in [0.1, 0.15) is 5.75 Å². The van der Waals surface area contributed by atoms with Crippen molar-refractivity contribution in [3.63, 3.8) is 0 Å². The Kier molecular flexibility index (Phi) is 5.55. The number of benzene rings is 1. The van der Waals surface area contributed by atoms with Crippen LogP contribution in [0, 0.1) is 5.92 Å². The highest BCUT2D eigenvalue weighted by molar-refractivity contribution is 5.94. The maximum absolute atomic E-state index is 11.7. The lowest BCUT2D eigenvalue weighted by Crippen LogP contribution is -2.38. The van der Waals surface area contributed by atoms with Gasteiger partial charge in [-0.05, 0) is 44.0 Å². The van der Waals surface area contributed by atoms with E-state index in [1.807, 2.05) is 13.8 Å². The quantitative estimate of drug-likeness (QED) is 0.802. The van der Waals surface area contributed by atoms with Crippen LogP contribution in [0.2, 0.25) is 0 Å². The highest BCUT2D eigenvalue weighted by Crippen LogP contribution is 2.14. The molecule has 1 amide bonds. The first kappa shape index (κ1) is 15.2. The fraction of sp³-hybridized carbons (Fsp3) is 0.467. The third-order valence-corrected chi connectivity index (χ3v) is 2.63. The summed E-state index contributed by atoms with van der Waals surface area (Å²) >= 11 is 0. The average Bonchev–Trinajstić information content (AvgIpc) is 2.36. The van der Waals surface area contributed by atoms with Crippen LogP contribution in [-0.4, -0.2) is 24.3 Å². The first-order valence-corrected chi connectivity index (χ1v) is 6.45. The zero-order chi connectivity index (χ0) is 14.4. The summed E-state index contributed by atoms with van der Waals surface area (Å²) < 4.78 is 5.52. The second-order valence-corrected chi connectivity index (χ2v) is 4.98. The third-order valence-electron chi connectivity index (χ3n) is 2.63. The molecule has 0 spiro atoms. The Hall–Kier alpha value is -1.84. The van der Waals surface area contributed by atoms with Gasteiger partial charge in [-0.2, -0.15) is 0 Å². The SMILES string of the molecule is CC(=O)c1ccc(OC(C)C(=O)NCC(C)C)cc1. The zero-order valence-electron chi connectivity index (χ0n) is 11.9. The van der Waals surface area contributed by atoms with E-state index in [0.717, 1.165) is 0 Å². The normalized spacial score (nSPS) is 12.1. The minimum atomic E-state index is -0.554. The monoisotopic (exact) mass is 263 g/mol. The molecule has 0 aliphatic heterocycles. The molecule has 1 atom stereocenters. The number of ketones is 1. The fourth-order valence-electron chi connectivity index (χ4n) is 1.47. The van der Waals surface area contributed by atoms with Crippen LogP contribution in [0.25, 0.3) is 0 Å². The summed E-state index contributed by atoms with van der Waals surface area (Å²) in [7, 11) is 0. The number of nitrogens with one attached hydrogen (secondary N) is 1. The lowest BCUT2D eigenvalue weighted by Gasteiger charge is -2.15. The standard InChI is InChI=1S/C15H21NO3/c1-10(2)9-16-15(18)12(4)19-14-7-5-13(6-8-14)11(3)17/h5-8,10,12H,9H2,1-4H3,(H,16,18). The van der Waals surface area contributed by atoms with Gasteiger partial charge in [-0.1, -0.05) is 13.8 Å². The Bertz CT molecular complexity index is 437. The van der Waals surface area contributed by atoms with E-state index in [2.05, 4.69) is 5.32 Å². The molecule has 4 nitrogen and oxygen atoms in total. The number of rotatable bonds is 6. The average molecular weight is 263 g/mol. The first-order chi connectivity index (χ1) is 8.90. The Morgan fingerprint density at radius 1 is 1.16 bits per heavy atom. The number of carbonyl (C=O) groups is 2. The van der Waals surface area contributed by atoms with Gasteiger partial charge in [0.15, 0.2) is 11.9 Å². The Morgan fingerprint density at radius 3 is 2.21 bits per heavy atom. The molecule has 19 heavy (non-hydrogen) atoms. The van der Waals surface area contributed by atoms with Crippen molar-refractivity contribution in [3.8, 4) is 5.75 Å². The van der Waals surface area contributed by atoms with E-state index in [1.165, 1.54) is 6.92 Å². The lowest BCUT2D eigenvalue weighted by atomic mass is 10.1. The molecule has 0 aliphatic carbocycles. The molecule has 4 heteroatoms. The van der Waals surface area contributed by atoms with E-state index in [1.54, 1.807) is 31.2 Å². The second-order valence-electron chi connectivity index (χ2n) is 4.98. The largest absolute Gasteiger partial charge is 0.481 e. The molecule has 0 saturated heterocycles. The predicted octanol–water partition coefficient (Wildman–Crippen LogP) is 2.43. The molecule has 0 heterocycles. The van der Waals surface area contributed by atoms with Gasteiger partial charge in [0, 0.05) is 12.1 Å². The molecule has 0 saturated carbocycles. The van der Waals surface area contributed by atoms with E-state index >= 15 is 0 Å². The van der Waals surface area contributed by atoms with Gasteiger partial charge in [-0.15, -0.1) is 0 Å². The molecular weight excluding hydrogens is 242 g/mol. The molecule has 104 valence electrons. The molecule has 0 aliphatic rings. The van der Waals surface area contributed by atoms with Crippen LogP contribution in [0.1, 0.15) is 38.1 Å². The highest BCUT2D eigenvalue weighted by Gasteiger charge is 2.14. The number of ether oxygens (including phenoxy) is 1. The summed E-state index contributed by atoms with van der Waals surface area (Å²) in [5.74, 6) is 0.863. The third kappa shape index (κ3) is 5.12. The van der Waals surface area contributed by atoms with Crippen molar-refractivity contribution < 1.29 is 14.3 Å². The molecule has 1 unspecified atom stereocenters. The summed E-state index contributed by atoms with van der Waals surface area (Å²) in [5, 5.41) is 2.81. The van der Waals surface area contributed by atoms with Gasteiger partial charge < -0.3 is 10.1 Å². The molecule has 0 bridgehead atoms. The molecule has 1 rings (SSSR count). The smallest absolute Gasteiger partial charge is 0.260 e. The maximum atomic E-state index is 11.7. The van der Waals surface area contributed by atoms with Crippen molar-refractivity contribution >= 4 is 11.7 Å². The second kappa shape index (κ2) is 6.92. The van der Waals surface area contributed by atoms with Crippen molar-refractivity contribution in [1.82, 2.24) is 5.32 Å². The minimum absolute atomic E-state index is 0.00859. The van der Waals surface area contributed by atoms with Crippen LogP contribution in [0.5, 0.6) is 5.75 Å². The Morgan fingerprint density at radius 2 is 1.74 bits per heavy atom. The molecule has 0 aromatic heterocycles. The Balaban J connectivity index is 2.54. The lowest BCUT2D eigenvalue weighted by molar-refractivity contribution is -0.127. The van der Waals surface area contributed by atoms with Crippen LogP contribution >= 0.6 is 0 Å². The van der Waals surface area contributed by atoms with Gasteiger partial charge >= 0.3 is 0 Å². The van der Waals surface area contributed by atoms with Crippen LogP contribution in [0.4, 0.5) is 0 Å². The molecule has 0 fully saturated rings. The van der Waals surface area contributed by atoms with Gasteiger partial charge in [-0.25, -0.2) is 0 Å². The number of Topliss-reactive ketones (excluding diaryl/α,β-unsaturated/α-hetero) is 1. The minimum Gasteiger partial charge on any atom is -0.481 e. The summed E-state index contributed by atoms with van der Waals surface area (Å²) in [4.78, 5) is 22.9. The predicted molar refractivity (Wildman–Crippen MR) is 74.4 cm³/mol. The van der Waals surface area contributed by atoms with Gasteiger partial charge in [0.25, 0.3) is 5.91 Å². The fourth-order valence-corrected chi connectivity index (χ4v) is 1.47. The molecule has 1 aromatic rings. The van der Waals surface area contributed by atoms with Gasteiger partial charge in [0.05, 0.1) is 0 Å². The van der Waals surface area contributed by atoms with E-state index < -0.39 is 6.10 Å². The Labute approximate surface area is 114 Å². The first-order valence-electron chi connectivity index (χ1n) is 6.45. The topological polar surface area (TPSA) is 55.4 Å². The molecule has 0 radical (unpaired) electrons. The number of hydrogen-bond donors (Lipinski definition) is 1. The molecule has 1 aromatic carbocycles. The van der Waals surface area contributed by atoms with Gasteiger partial charge in [-0.3, -0.25) is 9.59 Å². The van der Waals surface area contributed by atoms with Crippen LogP contribution < -0.4 is 10.1 Å². The van der Waals surface area contributed by atoms with Crippen molar-refractivity contribution in [2.75, 3.05) is 6.54 Å². The summed E-state index contributed by atoms with van der Waals surface area (Å²) in [5.41, 5.74) is 0.629. The highest BCUT2D eigenvalue weighted by atomic mass is 16.5. The van der Waals surface area contributed by atoms with E-state index in [-0.39, 0.29) is 11.7 Å². The number of amides is 1. The van der Waals surface area contributed by atoms with Crippen molar-refractivity contribution in [3.05, 3.63) is 29.8 Å². The molecule has 1 N–H and O–H groups in total.